The fourth-order valence-electron chi connectivity index (χ4n) is 2.41. The van der Waals surface area contributed by atoms with Crippen LogP contribution in [0, 0.1) is 17.0 Å². The lowest BCUT2D eigenvalue weighted by molar-refractivity contribution is -0.386. The zero-order chi connectivity index (χ0) is 20.8. The number of amides is 2. The maximum absolute atomic E-state index is 12.5. The van der Waals surface area contributed by atoms with Gasteiger partial charge in [0.1, 0.15) is 0 Å². The molecule has 0 aliphatic heterocycles. The van der Waals surface area contributed by atoms with Crippen molar-refractivity contribution in [3.63, 3.8) is 0 Å². The molecule has 0 saturated carbocycles. The first-order chi connectivity index (χ1) is 13.2. The predicted octanol–water partition coefficient (Wildman–Crippen LogP) is 3.42. The third-order valence-corrected chi connectivity index (χ3v) is 4.10. The van der Waals surface area contributed by atoms with Crippen LogP contribution >= 0.6 is 11.6 Å². The van der Waals surface area contributed by atoms with Gasteiger partial charge in [0.25, 0.3) is 5.91 Å². The molecule has 1 N–H and O–H groups in total. The Bertz CT molecular complexity index is 886. The van der Waals surface area contributed by atoms with E-state index in [-0.39, 0.29) is 28.9 Å². The highest BCUT2D eigenvalue weighted by atomic mass is 35.5. The second-order valence-electron chi connectivity index (χ2n) is 6.24. The highest BCUT2D eigenvalue weighted by Gasteiger charge is 2.24. The van der Waals surface area contributed by atoms with Gasteiger partial charge in [-0.2, -0.15) is 0 Å². The van der Waals surface area contributed by atoms with Gasteiger partial charge in [-0.1, -0.05) is 29.3 Å². The summed E-state index contributed by atoms with van der Waals surface area (Å²) in [6.45, 7) is 3.20. The Hall–Kier alpha value is -3.13. The van der Waals surface area contributed by atoms with Crippen LogP contribution in [-0.2, 0) is 9.59 Å². The Morgan fingerprint density at radius 3 is 2.50 bits per heavy atom. The number of nitro groups is 1. The number of hydrogen-bond acceptors (Lipinski definition) is 5. The van der Waals surface area contributed by atoms with E-state index in [4.69, 9.17) is 16.3 Å². The van der Waals surface area contributed by atoms with Crippen LogP contribution in [0.2, 0.25) is 5.02 Å². The second-order valence-corrected chi connectivity index (χ2v) is 6.67. The summed E-state index contributed by atoms with van der Waals surface area (Å²) in [6.07, 6.45) is -1.03. The van der Waals surface area contributed by atoms with Crippen molar-refractivity contribution in [3.05, 3.63) is 63.2 Å². The molecule has 1 atom stereocenters. The second kappa shape index (κ2) is 9.18. The number of likely N-dealkylation sites (N-methyl/N-ethyl adjacent to an activating group) is 1. The summed E-state index contributed by atoms with van der Waals surface area (Å²) < 4.78 is 5.43. The van der Waals surface area contributed by atoms with Crippen LogP contribution < -0.4 is 10.1 Å². The maximum Gasteiger partial charge on any atom is 0.312 e. The zero-order valence-electron chi connectivity index (χ0n) is 15.6. The number of halogens is 1. The number of ether oxygens (including phenoxy) is 1. The Labute approximate surface area is 167 Å². The van der Waals surface area contributed by atoms with Crippen LogP contribution in [0.3, 0.4) is 0 Å². The monoisotopic (exact) mass is 405 g/mol. The van der Waals surface area contributed by atoms with Crippen molar-refractivity contribution < 1.29 is 19.2 Å². The molecule has 2 amide bonds. The van der Waals surface area contributed by atoms with Crippen molar-refractivity contribution in [1.82, 2.24) is 4.90 Å². The van der Waals surface area contributed by atoms with Crippen molar-refractivity contribution in [2.75, 3.05) is 18.9 Å². The third kappa shape index (κ3) is 5.68. The lowest BCUT2D eigenvalue weighted by Crippen LogP contribution is -2.42. The molecule has 9 heteroatoms. The van der Waals surface area contributed by atoms with Crippen molar-refractivity contribution in [2.24, 2.45) is 0 Å². The standard InChI is InChI=1S/C19H20ClN3O5/c1-12-4-7-15(8-5-12)21-18(24)11-22(3)19(25)13(2)28-17-9-6-14(20)10-16(17)23(26)27/h4-10,13H,11H2,1-3H3,(H,21,24)/t13-/m1/s1. The summed E-state index contributed by atoms with van der Waals surface area (Å²) in [6, 6.07) is 11.2. The molecule has 0 fully saturated rings. The summed E-state index contributed by atoms with van der Waals surface area (Å²) in [5.74, 6) is -0.944. The Kier molecular flexibility index (Phi) is 6.94. The summed E-state index contributed by atoms with van der Waals surface area (Å²) >= 11 is 5.76. The molecule has 28 heavy (non-hydrogen) atoms. The van der Waals surface area contributed by atoms with Gasteiger partial charge in [0.15, 0.2) is 11.9 Å². The average Bonchev–Trinajstić information content (AvgIpc) is 2.64. The molecule has 0 saturated heterocycles. The summed E-state index contributed by atoms with van der Waals surface area (Å²) in [5.41, 5.74) is 1.34. The van der Waals surface area contributed by atoms with Gasteiger partial charge >= 0.3 is 5.69 Å². The minimum Gasteiger partial charge on any atom is -0.474 e. The van der Waals surface area contributed by atoms with Crippen molar-refractivity contribution in [1.29, 1.82) is 0 Å². The number of hydrogen-bond donors (Lipinski definition) is 1. The van der Waals surface area contributed by atoms with Gasteiger partial charge in [-0.05, 0) is 38.1 Å². The number of carbonyl (C=O) groups excluding carboxylic acids is 2. The van der Waals surface area contributed by atoms with Crippen molar-refractivity contribution >= 4 is 34.8 Å². The van der Waals surface area contributed by atoms with Crippen molar-refractivity contribution in [2.45, 2.75) is 20.0 Å². The number of nitro benzene ring substituents is 1. The van der Waals surface area contributed by atoms with Gasteiger partial charge in [0.2, 0.25) is 5.91 Å². The number of rotatable bonds is 7. The van der Waals surface area contributed by atoms with E-state index in [9.17, 15) is 19.7 Å². The third-order valence-electron chi connectivity index (χ3n) is 3.86. The number of anilines is 1. The van der Waals surface area contributed by atoms with E-state index in [1.54, 1.807) is 12.1 Å². The summed E-state index contributed by atoms with van der Waals surface area (Å²) in [4.78, 5) is 36.2. The number of nitrogens with zero attached hydrogens (tertiary/aromatic N) is 2. The first-order valence-electron chi connectivity index (χ1n) is 8.39. The number of aryl methyl sites for hydroxylation is 1. The highest BCUT2D eigenvalue weighted by Crippen LogP contribution is 2.30. The van der Waals surface area contributed by atoms with Crippen LogP contribution in [0.15, 0.2) is 42.5 Å². The van der Waals surface area contributed by atoms with E-state index < -0.39 is 16.9 Å². The molecular formula is C19H20ClN3O5. The Balaban J connectivity index is 1.97. The van der Waals surface area contributed by atoms with Gasteiger partial charge < -0.3 is 15.0 Å². The van der Waals surface area contributed by atoms with Gasteiger partial charge in [-0.15, -0.1) is 0 Å². The molecule has 0 aliphatic rings. The van der Waals surface area contributed by atoms with E-state index in [0.29, 0.717) is 5.69 Å². The van der Waals surface area contributed by atoms with Crippen LogP contribution in [0.4, 0.5) is 11.4 Å². The topological polar surface area (TPSA) is 102 Å². The largest absolute Gasteiger partial charge is 0.474 e. The minimum atomic E-state index is -1.03. The molecule has 2 aromatic carbocycles. The lowest BCUT2D eigenvalue weighted by Gasteiger charge is -2.21. The number of nitrogens with one attached hydrogen (secondary N) is 1. The van der Waals surface area contributed by atoms with Gasteiger partial charge in [-0.25, -0.2) is 0 Å². The smallest absolute Gasteiger partial charge is 0.312 e. The van der Waals surface area contributed by atoms with E-state index in [0.717, 1.165) is 11.6 Å². The molecule has 0 radical (unpaired) electrons. The molecule has 0 spiro atoms. The molecule has 0 heterocycles. The van der Waals surface area contributed by atoms with Crippen LogP contribution in [0.1, 0.15) is 12.5 Å². The quantitative estimate of drug-likeness (QED) is 0.561. The minimum absolute atomic E-state index is 0.0762. The molecule has 0 unspecified atom stereocenters. The summed E-state index contributed by atoms with van der Waals surface area (Å²) in [7, 11) is 1.45. The molecule has 0 bridgehead atoms. The fraction of sp³-hybridized carbons (Fsp3) is 0.263. The molecule has 0 aliphatic carbocycles. The van der Waals surface area contributed by atoms with Gasteiger partial charge in [-0.3, -0.25) is 19.7 Å². The SMILES string of the molecule is Cc1ccc(NC(=O)CN(C)C(=O)[C@@H](C)Oc2ccc(Cl)cc2[N+](=O)[O-])cc1. The zero-order valence-corrected chi connectivity index (χ0v) is 16.4. The van der Waals surface area contributed by atoms with E-state index in [1.807, 2.05) is 19.1 Å². The van der Waals surface area contributed by atoms with Crippen LogP contribution in [0.25, 0.3) is 0 Å². The Morgan fingerprint density at radius 1 is 1.25 bits per heavy atom. The van der Waals surface area contributed by atoms with E-state index in [2.05, 4.69) is 5.32 Å². The normalized spacial score (nSPS) is 11.4. The Morgan fingerprint density at radius 2 is 1.89 bits per heavy atom. The van der Waals surface area contributed by atoms with Crippen LogP contribution in [-0.4, -0.2) is 41.3 Å². The van der Waals surface area contributed by atoms with Gasteiger partial charge in [0.05, 0.1) is 11.5 Å². The molecule has 8 nitrogen and oxygen atoms in total. The molecule has 0 aromatic heterocycles. The number of benzene rings is 2. The van der Waals surface area contributed by atoms with Crippen LogP contribution in [0.5, 0.6) is 5.75 Å². The average molecular weight is 406 g/mol. The molecule has 2 rings (SSSR count). The predicted molar refractivity (Wildman–Crippen MR) is 106 cm³/mol. The maximum atomic E-state index is 12.5. The first-order valence-corrected chi connectivity index (χ1v) is 8.77. The van der Waals surface area contributed by atoms with Crippen molar-refractivity contribution in [3.8, 4) is 5.75 Å². The van der Waals surface area contributed by atoms with Gasteiger partial charge in [0, 0.05) is 23.8 Å². The lowest BCUT2D eigenvalue weighted by atomic mass is 10.2. The first kappa shape index (κ1) is 21.2. The molecule has 148 valence electrons. The molecule has 2 aromatic rings. The highest BCUT2D eigenvalue weighted by molar-refractivity contribution is 6.30. The van der Waals surface area contributed by atoms with E-state index in [1.165, 1.54) is 31.0 Å². The fourth-order valence-corrected chi connectivity index (χ4v) is 2.58. The molecular weight excluding hydrogens is 386 g/mol. The summed E-state index contributed by atoms with van der Waals surface area (Å²) in [5, 5.41) is 14.0. The van der Waals surface area contributed by atoms with E-state index >= 15 is 0 Å². The number of carbonyl (C=O) groups is 2.